The van der Waals surface area contributed by atoms with Crippen molar-refractivity contribution in [2.45, 2.75) is 12.3 Å². The van der Waals surface area contributed by atoms with Crippen molar-refractivity contribution in [2.24, 2.45) is 0 Å². The molecular formula is C18H15ClFN3O2S. The number of halogens is 2. The molecule has 26 heavy (non-hydrogen) atoms. The summed E-state index contributed by atoms with van der Waals surface area (Å²) >= 11 is 7.40. The minimum absolute atomic E-state index is 0.111. The van der Waals surface area contributed by atoms with Crippen molar-refractivity contribution in [2.75, 3.05) is 5.75 Å². The van der Waals surface area contributed by atoms with Crippen LogP contribution in [-0.2, 0) is 17.1 Å². The van der Waals surface area contributed by atoms with Gasteiger partial charge in [0.1, 0.15) is 5.82 Å². The standard InChI is InChI=1S/C18H15ClFN3O2S/c19-15-7-2-1-4-13(15)9-21-16(24)10-26-11-17-22-18(23-25-17)12-5-3-6-14(20)8-12/h1-8H,9-11H2,(H,21,24). The maximum Gasteiger partial charge on any atom is 0.236 e. The molecule has 0 saturated carbocycles. The molecule has 8 heteroatoms. The number of carbonyl (C=O) groups excluding carboxylic acids is 1. The molecule has 0 aliphatic carbocycles. The zero-order valence-corrected chi connectivity index (χ0v) is 15.2. The molecule has 0 saturated heterocycles. The summed E-state index contributed by atoms with van der Waals surface area (Å²) in [5.41, 5.74) is 1.41. The van der Waals surface area contributed by atoms with Gasteiger partial charge in [0.05, 0.1) is 11.5 Å². The summed E-state index contributed by atoms with van der Waals surface area (Å²) in [5, 5.41) is 7.26. The fraction of sp³-hybridized carbons (Fsp3) is 0.167. The Kier molecular flexibility index (Phi) is 6.25. The van der Waals surface area contributed by atoms with Crippen LogP contribution in [0.1, 0.15) is 11.5 Å². The number of benzene rings is 2. The molecule has 3 aromatic rings. The number of nitrogens with one attached hydrogen (secondary N) is 1. The van der Waals surface area contributed by atoms with Crippen LogP contribution in [0.5, 0.6) is 0 Å². The lowest BCUT2D eigenvalue weighted by atomic mass is 10.2. The molecule has 1 aromatic heterocycles. The van der Waals surface area contributed by atoms with Gasteiger partial charge in [-0.05, 0) is 23.8 Å². The Balaban J connectivity index is 1.45. The quantitative estimate of drug-likeness (QED) is 0.657. The van der Waals surface area contributed by atoms with Crippen molar-refractivity contribution in [1.29, 1.82) is 0 Å². The van der Waals surface area contributed by atoms with Gasteiger partial charge in [0, 0.05) is 17.1 Å². The maximum absolute atomic E-state index is 13.2. The van der Waals surface area contributed by atoms with E-state index in [-0.39, 0.29) is 17.5 Å². The number of thioether (sulfide) groups is 1. The molecule has 2 aromatic carbocycles. The molecule has 0 spiro atoms. The van der Waals surface area contributed by atoms with Gasteiger partial charge in [-0.3, -0.25) is 4.79 Å². The minimum atomic E-state index is -0.363. The number of aromatic nitrogens is 2. The van der Waals surface area contributed by atoms with Crippen LogP contribution in [0.3, 0.4) is 0 Å². The SMILES string of the molecule is O=C(CSCc1nc(-c2cccc(F)c2)no1)NCc1ccccc1Cl. The van der Waals surface area contributed by atoms with Crippen LogP contribution in [0.25, 0.3) is 11.4 Å². The lowest BCUT2D eigenvalue weighted by Crippen LogP contribution is -2.24. The number of amides is 1. The molecule has 5 nitrogen and oxygen atoms in total. The topological polar surface area (TPSA) is 68.0 Å². The Morgan fingerprint density at radius 3 is 2.88 bits per heavy atom. The smallest absolute Gasteiger partial charge is 0.236 e. The van der Waals surface area contributed by atoms with Crippen LogP contribution in [0.4, 0.5) is 4.39 Å². The van der Waals surface area contributed by atoms with Crippen molar-refractivity contribution in [1.82, 2.24) is 15.5 Å². The fourth-order valence-electron chi connectivity index (χ4n) is 2.18. The molecule has 0 unspecified atom stereocenters. The Morgan fingerprint density at radius 2 is 2.08 bits per heavy atom. The molecule has 0 atom stereocenters. The first-order chi connectivity index (χ1) is 12.6. The highest BCUT2D eigenvalue weighted by atomic mass is 35.5. The van der Waals surface area contributed by atoms with E-state index in [0.29, 0.717) is 34.6 Å². The zero-order valence-electron chi connectivity index (χ0n) is 13.6. The van der Waals surface area contributed by atoms with Crippen LogP contribution in [0.15, 0.2) is 53.1 Å². The molecule has 1 amide bonds. The molecule has 0 aliphatic heterocycles. The van der Waals surface area contributed by atoms with Crippen LogP contribution < -0.4 is 5.32 Å². The summed E-state index contributed by atoms with van der Waals surface area (Å²) < 4.78 is 18.4. The number of rotatable bonds is 7. The second-order valence-electron chi connectivity index (χ2n) is 5.38. The van der Waals surface area contributed by atoms with E-state index in [2.05, 4.69) is 15.5 Å². The average Bonchev–Trinajstić information content (AvgIpc) is 3.10. The fourth-order valence-corrected chi connectivity index (χ4v) is 3.06. The van der Waals surface area contributed by atoms with Crippen molar-refractivity contribution >= 4 is 29.3 Å². The molecule has 1 N–H and O–H groups in total. The lowest BCUT2D eigenvalue weighted by Gasteiger charge is -2.06. The number of nitrogens with zero attached hydrogens (tertiary/aromatic N) is 2. The van der Waals surface area contributed by atoms with E-state index in [1.54, 1.807) is 18.2 Å². The molecule has 0 fully saturated rings. The van der Waals surface area contributed by atoms with Crippen LogP contribution in [-0.4, -0.2) is 21.8 Å². The zero-order chi connectivity index (χ0) is 18.4. The second kappa shape index (κ2) is 8.82. The van der Waals surface area contributed by atoms with Crippen LogP contribution >= 0.6 is 23.4 Å². The van der Waals surface area contributed by atoms with Gasteiger partial charge in [0.15, 0.2) is 0 Å². The number of hydrogen-bond donors (Lipinski definition) is 1. The largest absolute Gasteiger partial charge is 0.351 e. The van der Waals surface area contributed by atoms with E-state index in [1.807, 2.05) is 18.2 Å². The van der Waals surface area contributed by atoms with Crippen molar-refractivity contribution in [3.63, 3.8) is 0 Å². The summed E-state index contributed by atoms with van der Waals surface area (Å²) in [7, 11) is 0. The highest BCUT2D eigenvalue weighted by Crippen LogP contribution is 2.19. The number of hydrogen-bond acceptors (Lipinski definition) is 5. The first-order valence-electron chi connectivity index (χ1n) is 7.78. The van der Waals surface area contributed by atoms with E-state index in [1.165, 1.54) is 23.9 Å². The predicted molar refractivity (Wildman–Crippen MR) is 99.2 cm³/mol. The predicted octanol–water partition coefficient (Wildman–Crippen LogP) is 4.08. The van der Waals surface area contributed by atoms with E-state index >= 15 is 0 Å². The summed E-state index contributed by atoms with van der Waals surface area (Å²) in [6.07, 6.45) is 0. The highest BCUT2D eigenvalue weighted by Gasteiger charge is 2.10. The van der Waals surface area contributed by atoms with Gasteiger partial charge in [0.2, 0.25) is 17.6 Å². The van der Waals surface area contributed by atoms with Gasteiger partial charge >= 0.3 is 0 Å². The van der Waals surface area contributed by atoms with Crippen molar-refractivity contribution in [3.05, 3.63) is 70.8 Å². The first kappa shape index (κ1) is 18.4. The third kappa shape index (κ3) is 5.06. The van der Waals surface area contributed by atoms with Gasteiger partial charge in [0.25, 0.3) is 0 Å². The van der Waals surface area contributed by atoms with E-state index in [9.17, 15) is 9.18 Å². The molecule has 0 radical (unpaired) electrons. The normalized spacial score (nSPS) is 10.7. The number of carbonyl (C=O) groups is 1. The van der Waals surface area contributed by atoms with Gasteiger partial charge in [-0.1, -0.05) is 47.1 Å². The van der Waals surface area contributed by atoms with Gasteiger partial charge in [-0.2, -0.15) is 4.98 Å². The third-order valence-corrected chi connectivity index (χ3v) is 4.73. The second-order valence-corrected chi connectivity index (χ2v) is 6.78. The Bertz CT molecular complexity index is 903. The van der Waals surface area contributed by atoms with Gasteiger partial charge in [-0.25, -0.2) is 4.39 Å². The summed E-state index contributed by atoms with van der Waals surface area (Å²) in [6, 6.07) is 13.3. The third-order valence-electron chi connectivity index (χ3n) is 3.44. The minimum Gasteiger partial charge on any atom is -0.351 e. The summed E-state index contributed by atoms with van der Waals surface area (Å²) in [4.78, 5) is 16.1. The summed E-state index contributed by atoms with van der Waals surface area (Å²) in [5.74, 6) is 0.874. The monoisotopic (exact) mass is 391 g/mol. The van der Waals surface area contributed by atoms with Crippen molar-refractivity contribution < 1.29 is 13.7 Å². The molecule has 0 bridgehead atoms. The first-order valence-corrected chi connectivity index (χ1v) is 9.31. The highest BCUT2D eigenvalue weighted by molar-refractivity contribution is 7.99. The van der Waals surface area contributed by atoms with Crippen LogP contribution in [0.2, 0.25) is 5.02 Å². The van der Waals surface area contributed by atoms with Gasteiger partial charge in [-0.15, -0.1) is 11.8 Å². The van der Waals surface area contributed by atoms with Crippen LogP contribution in [0, 0.1) is 5.82 Å². The molecule has 1 heterocycles. The molecule has 0 aliphatic rings. The van der Waals surface area contributed by atoms with E-state index in [4.69, 9.17) is 16.1 Å². The molecule has 134 valence electrons. The van der Waals surface area contributed by atoms with E-state index < -0.39 is 0 Å². The van der Waals surface area contributed by atoms with Gasteiger partial charge < -0.3 is 9.84 Å². The van der Waals surface area contributed by atoms with E-state index in [0.717, 1.165) is 5.56 Å². The Morgan fingerprint density at radius 1 is 1.23 bits per heavy atom. The average molecular weight is 392 g/mol. The summed E-state index contributed by atoms with van der Waals surface area (Å²) in [6.45, 7) is 0.378. The Hall–Kier alpha value is -2.38. The Labute approximate surface area is 158 Å². The maximum atomic E-state index is 13.2. The molecular weight excluding hydrogens is 377 g/mol. The van der Waals surface area contributed by atoms with Crippen molar-refractivity contribution in [3.8, 4) is 11.4 Å². The lowest BCUT2D eigenvalue weighted by molar-refractivity contribution is -0.118. The molecule has 3 rings (SSSR count).